The van der Waals surface area contributed by atoms with Crippen LogP contribution < -0.4 is 0 Å². The number of hydrogen-bond acceptors (Lipinski definition) is 3. The molecule has 98 valence electrons. The number of nitrogens with zero attached hydrogens (tertiary/aromatic N) is 3. The van der Waals surface area contributed by atoms with Gasteiger partial charge in [-0.25, -0.2) is 4.79 Å². The summed E-state index contributed by atoms with van der Waals surface area (Å²) in [6.07, 6.45) is 5.46. The second-order valence-electron chi connectivity index (χ2n) is 4.55. The van der Waals surface area contributed by atoms with E-state index in [1.165, 1.54) is 5.06 Å². The molecule has 0 N–H and O–H groups in total. The number of carbonyl (C=O) groups excluding carboxylic acids is 1. The van der Waals surface area contributed by atoms with E-state index in [1.807, 2.05) is 18.2 Å². The normalized spacial score (nSPS) is 21.6. The first-order valence-corrected chi connectivity index (χ1v) is 6.23. The Morgan fingerprint density at radius 1 is 1.53 bits per heavy atom. The van der Waals surface area contributed by atoms with Crippen molar-refractivity contribution in [3.63, 3.8) is 0 Å². The first-order valence-electron chi connectivity index (χ1n) is 6.23. The number of pyridine rings is 1. The molecule has 1 aromatic rings. The maximum Gasteiger partial charge on any atom is 0.344 e. The monoisotopic (exact) mass is 257 g/mol. The lowest BCUT2D eigenvalue weighted by Gasteiger charge is -2.21. The second-order valence-corrected chi connectivity index (χ2v) is 4.55. The number of aromatic nitrogens is 1. The predicted octanol–water partition coefficient (Wildman–Crippen LogP) is 1.70. The summed E-state index contributed by atoms with van der Waals surface area (Å²) in [5.41, 5.74) is 1.98. The van der Waals surface area contributed by atoms with Gasteiger partial charge in [-0.2, -0.15) is 5.06 Å². The van der Waals surface area contributed by atoms with Crippen LogP contribution in [0.1, 0.15) is 5.69 Å². The van der Waals surface area contributed by atoms with E-state index in [0.29, 0.717) is 19.7 Å². The third-order valence-corrected chi connectivity index (χ3v) is 3.25. The number of fused-ring (bicyclic) bond motifs is 2. The minimum atomic E-state index is -0.0889. The van der Waals surface area contributed by atoms with E-state index in [-0.39, 0.29) is 12.1 Å². The lowest BCUT2D eigenvalue weighted by atomic mass is 10.0. The van der Waals surface area contributed by atoms with Crippen LogP contribution in [0, 0.1) is 0 Å². The summed E-state index contributed by atoms with van der Waals surface area (Å²) in [7, 11) is 0. The van der Waals surface area contributed by atoms with Crippen LogP contribution >= 0.6 is 0 Å². The van der Waals surface area contributed by atoms with Crippen LogP contribution in [0.2, 0.25) is 0 Å². The zero-order chi connectivity index (χ0) is 13.2. The van der Waals surface area contributed by atoms with Crippen molar-refractivity contribution in [1.29, 1.82) is 0 Å². The Hall–Kier alpha value is -2.14. The Kier molecular flexibility index (Phi) is 3.05. The van der Waals surface area contributed by atoms with Gasteiger partial charge in [0.1, 0.15) is 0 Å². The molecule has 0 aliphatic carbocycles. The number of hydroxylamine groups is 2. The molecule has 1 saturated heterocycles. The highest BCUT2D eigenvalue weighted by atomic mass is 16.7. The summed E-state index contributed by atoms with van der Waals surface area (Å²) in [6, 6.07) is 5.65. The minimum absolute atomic E-state index is 0.0433. The number of amides is 2. The highest BCUT2D eigenvalue weighted by Gasteiger charge is 2.40. The highest BCUT2D eigenvalue weighted by Crippen LogP contribution is 2.28. The van der Waals surface area contributed by atoms with E-state index in [1.54, 1.807) is 17.2 Å². The fourth-order valence-electron chi connectivity index (χ4n) is 2.41. The summed E-state index contributed by atoms with van der Waals surface area (Å²) in [5, 5.41) is 1.43. The van der Waals surface area contributed by atoms with Crippen LogP contribution in [0.4, 0.5) is 4.79 Å². The van der Waals surface area contributed by atoms with Gasteiger partial charge in [0.25, 0.3) is 0 Å². The molecule has 1 unspecified atom stereocenters. The van der Waals surface area contributed by atoms with Crippen LogP contribution in [0.5, 0.6) is 0 Å². The molecule has 2 aliphatic heterocycles. The molecule has 3 heterocycles. The van der Waals surface area contributed by atoms with Crippen LogP contribution in [0.15, 0.2) is 43.1 Å². The molecule has 3 rings (SSSR count). The molecule has 5 heteroatoms. The second kappa shape index (κ2) is 4.85. The molecule has 2 aliphatic rings. The van der Waals surface area contributed by atoms with Crippen LogP contribution in [0.25, 0.3) is 5.57 Å². The Bertz CT molecular complexity index is 527. The molecule has 1 atom stereocenters. The molecular weight excluding hydrogens is 242 g/mol. The van der Waals surface area contributed by atoms with Crippen LogP contribution in [0.3, 0.4) is 0 Å². The topological polar surface area (TPSA) is 45.7 Å². The van der Waals surface area contributed by atoms with Gasteiger partial charge in [-0.3, -0.25) is 9.82 Å². The summed E-state index contributed by atoms with van der Waals surface area (Å²) >= 11 is 0. The molecule has 0 radical (unpaired) electrons. The third kappa shape index (κ3) is 2.13. The average molecular weight is 257 g/mol. The molecule has 0 spiro atoms. The fraction of sp³-hybridized carbons (Fsp3) is 0.286. The van der Waals surface area contributed by atoms with Gasteiger partial charge in [0.05, 0.1) is 18.3 Å². The number of rotatable bonds is 4. The van der Waals surface area contributed by atoms with E-state index in [4.69, 9.17) is 4.84 Å². The Morgan fingerprint density at radius 2 is 2.42 bits per heavy atom. The predicted molar refractivity (Wildman–Crippen MR) is 71.0 cm³/mol. The van der Waals surface area contributed by atoms with Gasteiger partial charge in [-0.05, 0) is 17.7 Å². The summed E-state index contributed by atoms with van der Waals surface area (Å²) in [4.78, 5) is 23.6. The SMILES string of the molecule is C=CCON1C(=O)N2CC(c3ccccn3)=CC1C2. The highest BCUT2D eigenvalue weighted by molar-refractivity contribution is 5.82. The zero-order valence-corrected chi connectivity index (χ0v) is 10.5. The smallest absolute Gasteiger partial charge is 0.316 e. The molecule has 1 aromatic heterocycles. The van der Waals surface area contributed by atoms with Gasteiger partial charge in [0.2, 0.25) is 0 Å². The number of urea groups is 1. The first-order chi connectivity index (χ1) is 9.29. The molecule has 19 heavy (non-hydrogen) atoms. The Morgan fingerprint density at radius 3 is 3.16 bits per heavy atom. The maximum absolute atomic E-state index is 12.1. The van der Waals surface area contributed by atoms with E-state index in [9.17, 15) is 4.79 Å². The largest absolute Gasteiger partial charge is 0.344 e. The molecule has 0 aromatic carbocycles. The number of carbonyl (C=O) groups is 1. The van der Waals surface area contributed by atoms with Gasteiger partial charge in [0, 0.05) is 19.3 Å². The van der Waals surface area contributed by atoms with Crippen molar-refractivity contribution < 1.29 is 9.63 Å². The van der Waals surface area contributed by atoms with E-state index in [0.717, 1.165) is 11.3 Å². The molecular formula is C14H15N3O2. The lowest BCUT2D eigenvalue weighted by molar-refractivity contribution is -0.107. The van der Waals surface area contributed by atoms with Gasteiger partial charge in [0.15, 0.2) is 0 Å². The Balaban J connectivity index is 1.85. The summed E-state index contributed by atoms with van der Waals surface area (Å²) < 4.78 is 0. The van der Waals surface area contributed by atoms with Crippen LogP contribution in [-0.4, -0.2) is 46.7 Å². The van der Waals surface area contributed by atoms with E-state index >= 15 is 0 Å². The maximum atomic E-state index is 12.1. The first kappa shape index (κ1) is 11.9. The van der Waals surface area contributed by atoms with Crippen molar-refractivity contribution in [3.8, 4) is 0 Å². The zero-order valence-electron chi connectivity index (χ0n) is 10.5. The van der Waals surface area contributed by atoms with Gasteiger partial charge < -0.3 is 4.90 Å². The molecule has 1 fully saturated rings. The van der Waals surface area contributed by atoms with E-state index in [2.05, 4.69) is 17.6 Å². The quantitative estimate of drug-likeness (QED) is 0.771. The number of hydrogen-bond donors (Lipinski definition) is 0. The van der Waals surface area contributed by atoms with Gasteiger partial charge in [-0.15, -0.1) is 6.58 Å². The van der Waals surface area contributed by atoms with Crippen LogP contribution in [-0.2, 0) is 4.84 Å². The standard InChI is InChI=1S/C14H15N3O2/c1-2-7-19-17-12-8-11(9-16(10-12)14(17)18)13-5-3-4-6-15-13/h2-6,8,12H,1,7,9-10H2. The Labute approximate surface area is 111 Å². The van der Waals surface area contributed by atoms with Gasteiger partial charge in [-0.1, -0.05) is 18.2 Å². The van der Waals surface area contributed by atoms with Crippen molar-refractivity contribution in [2.75, 3.05) is 19.7 Å². The van der Waals surface area contributed by atoms with Crippen molar-refractivity contribution in [1.82, 2.24) is 14.9 Å². The van der Waals surface area contributed by atoms with E-state index < -0.39 is 0 Å². The average Bonchev–Trinajstić information content (AvgIpc) is 2.68. The molecule has 5 nitrogen and oxygen atoms in total. The fourth-order valence-corrected chi connectivity index (χ4v) is 2.41. The molecule has 2 bridgehead atoms. The van der Waals surface area contributed by atoms with Crippen molar-refractivity contribution in [2.45, 2.75) is 6.04 Å². The minimum Gasteiger partial charge on any atom is -0.316 e. The molecule has 0 saturated carbocycles. The molecule has 2 amide bonds. The third-order valence-electron chi connectivity index (χ3n) is 3.25. The summed E-state index contributed by atoms with van der Waals surface area (Å²) in [6.45, 7) is 5.19. The lowest BCUT2D eigenvalue weighted by Crippen LogP contribution is -2.33. The van der Waals surface area contributed by atoms with Crippen molar-refractivity contribution >= 4 is 11.6 Å². The summed E-state index contributed by atoms with van der Waals surface area (Å²) in [5.74, 6) is 0. The van der Waals surface area contributed by atoms with Crippen molar-refractivity contribution in [3.05, 3.63) is 48.8 Å². The van der Waals surface area contributed by atoms with Gasteiger partial charge >= 0.3 is 6.03 Å². The van der Waals surface area contributed by atoms with Crippen molar-refractivity contribution in [2.24, 2.45) is 0 Å².